The summed E-state index contributed by atoms with van der Waals surface area (Å²) in [7, 11) is 2.20. The Balaban J connectivity index is 0.937. The van der Waals surface area contributed by atoms with E-state index in [0.29, 0.717) is 30.5 Å². The molecule has 7 rings (SSSR count). The lowest BCUT2D eigenvalue weighted by Gasteiger charge is -2.42. The van der Waals surface area contributed by atoms with Crippen LogP contribution < -0.4 is 10.6 Å². The van der Waals surface area contributed by atoms with Gasteiger partial charge in [-0.25, -0.2) is 4.98 Å². The summed E-state index contributed by atoms with van der Waals surface area (Å²) in [6.45, 7) is 12.4. The van der Waals surface area contributed by atoms with E-state index in [2.05, 4.69) is 53.8 Å². The molecule has 2 atom stereocenters. The van der Waals surface area contributed by atoms with E-state index in [9.17, 15) is 13.2 Å². The number of alkyl halides is 3. The number of fused-ring (bicyclic) bond motifs is 3. The van der Waals surface area contributed by atoms with Crippen LogP contribution in [0.4, 0.5) is 24.9 Å². The molecule has 3 saturated carbocycles. The molecular formula is C30H45F3N8. The molecule has 3 saturated heterocycles. The highest BCUT2D eigenvalue weighted by Crippen LogP contribution is 2.75. The fourth-order valence-electron chi connectivity index (χ4n) is 8.43. The summed E-state index contributed by atoms with van der Waals surface area (Å²) in [5, 5.41) is 6.47. The molecule has 1 aromatic rings. The van der Waals surface area contributed by atoms with Crippen LogP contribution in [0.25, 0.3) is 0 Å². The van der Waals surface area contributed by atoms with Gasteiger partial charge in [0, 0.05) is 87.8 Å². The molecular weight excluding hydrogens is 529 g/mol. The fourth-order valence-corrected chi connectivity index (χ4v) is 8.43. The first-order valence-corrected chi connectivity index (χ1v) is 15.8. The number of hydrogen-bond donors (Lipinski definition) is 2. The van der Waals surface area contributed by atoms with Crippen molar-refractivity contribution >= 4 is 11.8 Å². The molecule has 41 heavy (non-hydrogen) atoms. The number of rotatable bonds is 9. The average Bonchev–Trinajstić information content (AvgIpc) is 3.77. The minimum absolute atomic E-state index is 0.0847. The standard InChI is InChI=1S/C30H45F3N8/c1-21-22-5-3-6-24(17-22)41(21)10-4-9-34-26-25(30(31,32)33)18-35-27(36-26)37-28-19-29(28,20-28)40-11-7-23(8-12-40)39-15-13-38(2)14-16-39/h18,22-24H,1,3-17,19-20H2,2H3,(H2,34,35,36,37). The van der Waals surface area contributed by atoms with Gasteiger partial charge in [0.05, 0.1) is 5.54 Å². The molecule has 3 aliphatic carbocycles. The number of anilines is 2. The van der Waals surface area contributed by atoms with Crippen LogP contribution in [-0.2, 0) is 6.18 Å². The number of nitrogens with one attached hydrogen (secondary N) is 2. The van der Waals surface area contributed by atoms with Crippen LogP contribution in [0.2, 0.25) is 0 Å². The maximum absolute atomic E-state index is 13.8. The summed E-state index contributed by atoms with van der Waals surface area (Å²) >= 11 is 0. The predicted molar refractivity (Wildman–Crippen MR) is 154 cm³/mol. The molecule has 8 nitrogen and oxygen atoms in total. The van der Waals surface area contributed by atoms with Gasteiger partial charge in [0.15, 0.2) is 0 Å². The second-order valence-electron chi connectivity index (χ2n) is 13.6. The molecule has 0 spiro atoms. The Morgan fingerprint density at radius 2 is 1.78 bits per heavy atom. The summed E-state index contributed by atoms with van der Waals surface area (Å²) in [5.41, 5.74) is 0.470. The van der Waals surface area contributed by atoms with Crippen molar-refractivity contribution in [2.75, 3.05) is 70.0 Å². The summed E-state index contributed by atoms with van der Waals surface area (Å²) in [6.07, 6.45) is 6.44. The molecule has 1 aromatic heterocycles. The zero-order chi connectivity index (χ0) is 28.4. The number of halogens is 3. The Hall–Kier alpha value is -2.11. The molecule has 2 unspecified atom stereocenters. The molecule has 0 amide bonds. The molecule has 3 aliphatic heterocycles. The van der Waals surface area contributed by atoms with E-state index in [1.807, 2.05) is 0 Å². The Labute approximate surface area is 241 Å². The summed E-state index contributed by atoms with van der Waals surface area (Å²) in [4.78, 5) is 18.6. The number of aromatic nitrogens is 2. The maximum atomic E-state index is 13.8. The topological polar surface area (TPSA) is 62.8 Å². The molecule has 0 radical (unpaired) electrons. The largest absolute Gasteiger partial charge is 0.421 e. The maximum Gasteiger partial charge on any atom is 0.421 e. The highest BCUT2D eigenvalue weighted by molar-refractivity contribution is 5.58. The van der Waals surface area contributed by atoms with Crippen LogP contribution >= 0.6 is 0 Å². The first-order chi connectivity index (χ1) is 19.7. The minimum Gasteiger partial charge on any atom is -0.372 e. The average molecular weight is 575 g/mol. The molecule has 0 aromatic carbocycles. The summed E-state index contributed by atoms with van der Waals surface area (Å²) in [5.74, 6) is 0.771. The molecule has 2 bridgehead atoms. The van der Waals surface area contributed by atoms with Crippen molar-refractivity contribution in [2.45, 2.75) is 87.1 Å². The summed E-state index contributed by atoms with van der Waals surface area (Å²) < 4.78 is 41.4. The molecule has 2 N–H and O–H groups in total. The van der Waals surface area contributed by atoms with Gasteiger partial charge in [-0.2, -0.15) is 18.2 Å². The second-order valence-corrected chi connectivity index (χ2v) is 13.6. The van der Waals surface area contributed by atoms with Gasteiger partial charge < -0.3 is 20.4 Å². The van der Waals surface area contributed by atoms with E-state index in [4.69, 9.17) is 0 Å². The van der Waals surface area contributed by atoms with Gasteiger partial charge in [-0.3, -0.25) is 9.80 Å². The number of nitrogens with zero attached hydrogens (tertiary/aromatic N) is 6. The van der Waals surface area contributed by atoms with Crippen molar-refractivity contribution in [3.8, 4) is 0 Å². The Morgan fingerprint density at radius 1 is 1.02 bits per heavy atom. The van der Waals surface area contributed by atoms with E-state index in [1.54, 1.807) is 0 Å². The van der Waals surface area contributed by atoms with E-state index in [1.165, 1.54) is 44.2 Å². The number of piperidine rings is 1. The molecule has 6 aliphatic rings. The zero-order valence-corrected chi connectivity index (χ0v) is 24.4. The third kappa shape index (κ3) is 5.09. The predicted octanol–water partition coefficient (Wildman–Crippen LogP) is 4.09. The molecule has 4 heterocycles. The first-order valence-electron chi connectivity index (χ1n) is 15.8. The fraction of sp³-hybridized carbons (Fsp3) is 0.800. The van der Waals surface area contributed by atoms with E-state index < -0.39 is 11.7 Å². The highest BCUT2D eigenvalue weighted by Gasteiger charge is 2.86. The van der Waals surface area contributed by atoms with Crippen LogP contribution in [0.1, 0.15) is 63.4 Å². The SMILES string of the molecule is C=C1C2CCCC(C2)N1CCCNc1nc(NC23CC2(N2CCC(N4CCN(C)CC4)CC2)C3)ncc1C(F)(F)F. The van der Waals surface area contributed by atoms with E-state index in [-0.39, 0.29) is 16.9 Å². The van der Waals surface area contributed by atoms with Gasteiger partial charge in [0.25, 0.3) is 0 Å². The number of likely N-dealkylation sites (N-methyl/N-ethyl adjacent to an activating group) is 1. The van der Waals surface area contributed by atoms with Crippen molar-refractivity contribution in [2.24, 2.45) is 5.92 Å². The van der Waals surface area contributed by atoms with Crippen molar-refractivity contribution in [1.29, 1.82) is 0 Å². The van der Waals surface area contributed by atoms with Gasteiger partial charge in [0.2, 0.25) is 5.95 Å². The Morgan fingerprint density at radius 3 is 2.49 bits per heavy atom. The van der Waals surface area contributed by atoms with E-state index >= 15 is 0 Å². The Kier molecular flexibility index (Phi) is 6.93. The van der Waals surface area contributed by atoms with Crippen LogP contribution in [0.5, 0.6) is 0 Å². The lowest BCUT2D eigenvalue weighted by Crippen LogP contribution is -2.53. The monoisotopic (exact) mass is 574 g/mol. The third-order valence-corrected chi connectivity index (χ3v) is 11.2. The third-order valence-electron chi connectivity index (χ3n) is 11.2. The lowest BCUT2D eigenvalue weighted by atomic mass is 9.89. The van der Waals surface area contributed by atoms with Crippen molar-refractivity contribution < 1.29 is 13.2 Å². The zero-order valence-electron chi connectivity index (χ0n) is 24.4. The van der Waals surface area contributed by atoms with Gasteiger partial charge in [0.1, 0.15) is 11.4 Å². The number of allylic oxidation sites excluding steroid dienone is 1. The number of piperazine rings is 1. The van der Waals surface area contributed by atoms with Gasteiger partial charge in [-0.15, -0.1) is 0 Å². The quantitative estimate of drug-likeness (QED) is 0.428. The smallest absolute Gasteiger partial charge is 0.372 e. The van der Waals surface area contributed by atoms with Crippen LogP contribution in [0, 0.1) is 5.92 Å². The molecule has 6 fully saturated rings. The van der Waals surface area contributed by atoms with Crippen LogP contribution in [0.3, 0.4) is 0 Å². The first kappa shape index (κ1) is 27.7. The number of hydrogen-bond acceptors (Lipinski definition) is 8. The number of likely N-dealkylation sites (tertiary alicyclic amines) is 2. The normalized spacial score (nSPS) is 34.5. The van der Waals surface area contributed by atoms with E-state index in [0.717, 1.165) is 71.3 Å². The summed E-state index contributed by atoms with van der Waals surface area (Å²) in [6, 6.07) is 1.22. The molecule has 11 heteroatoms. The van der Waals surface area contributed by atoms with Crippen molar-refractivity contribution in [3.63, 3.8) is 0 Å². The lowest BCUT2D eigenvalue weighted by molar-refractivity contribution is -0.137. The second kappa shape index (κ2) is 10.3. The highest BCUT2D eigenvalue weighted by atomic mass is 19.4. The Bertz CT molecular complexity index is 1140. The van der Waals surface area contributed by atoms with Crippen molar-refractivity contribution in [1.82, 2.24) is 29.6 Å². The van der Waals surface area contributed by atoms with Gasteiger partial charge in [-0.05, 0) is 58.4 Å². The van der Waals surface area contributed by atoms with Gasteiger partial charge in [-0.1, -0.05) is 13.0 Å². The van der Waals surface area contributed by atoms with Crippen LogP contribution in [-0.4, -0.2) is 112 Å². The molecule has 226 valence electrons. The van der Waals surface area contributed by atoms with Gasteiger partial charge >= 0.3 is 6.18 Å². The minimum atomic E-state index is -4.50. The van der Waals surface area contributed by atoms with Crippen molar-refractivity contribution in [3.05, 3.63) is 24.0 Å². The van der Waals surface area contributed by atoms with Crippen LogP contribution in [0.15, 0.2) is 18.5 Å².